The Bertz CT molecular complexity index is 518. The first-order chi connectivity index (χ1) is 7.22. The van der Waals surface area contributed by atoms with Crippen molar-refractivity contribution in [2.24, 2.45) is 0 Å². The number of hydrogen-bond acceptors (Lipinski definition) is 4. The van der Waals surface area contributed by atoms with Gasteiger partial charge in [0.25, 0.3) is 0 Å². The van der Waals surface area contributed by atoms with Crippen molar-refractivity contribution in [3.8, 4) is 11.9 Å². The first-order valence-electron chi connectivity index (χ1n) is 4.45. The molecule has 0 saturated heterocycles. The number of rotatable bonds is 1. The maximum absolute atomic E-state index is 8.59. The van der Waals surface area contributed by atoms with Gasteiger partial charge in [0.1, 0.15) is 12.4 Å². The van der Waals surface area contributed by atoms with Crippen molar-refractivity contribution in [1.82, 2.24) is 19.5 Å². The smallest absolute Gasteiger partial charge is 0.158 e. The summed E-state index contributed by atoms with van der Waals surface area (Å²) >= 11 is 0. The van der Waals surface area contributed by atoms with Gasteiger partial charge in [-0.25, -0.2) is 15.0 Å². The normalized spacial score (nSPS) is 9.93. The van der Waals surface area contributed by atoms with Gasteiger partial charge in [0, 0.05) is 5.69 Å². The Hall–Kier alpha value is -2.22. The average Bonchev–Trinajstić information content (AvgIpc) is 2.60. The van der Waals surface area contributed by atoms with Crippen molar-refractivity contribution in [2.75, 3.05) is 0 Å². The van der Waals surface area contributed by atoms with Gasteiger partial charge in [0.2, 0.25) is 0 Å². The van der Waals surface area contributed by atoms with E-state index in [4.69, 9.17) is 5.26 Å². The topological polar surface area (TPSA) is 67.4 Å². The van der Waals surface area contributed by atoms with Gasteiger partial charge in [-0.3, -0.25) is 4.57 Å². The Morgan fingerprint density at radius 3 is 2.47 bits per heavy atom. The van der Waals surface area contributed by atoms with Crippen LogP contribution in [-0.4, -0.2) is 19.5 Å². The van der Waals surface area contributed by atoms with Crippen LogP contribution in [0.3, 0.4) is 0 Å². The van der Waals surface area contributed by atoms with Crippen molar-refractivity contribution in [3.05, 3.63) is 35.8 Å². The molecular formula is C10H9N5. The zero-order chi connectivity index (χ0) is 10.8. The molecule has 5 nitrogen and oxygen atoms in total. The van der Waals surface area contributed by atoms with Crippen LogP contribution in [0.5, 0.6) is 0 Å². The summed E-state index contributed by atoms with van der Waals surface area (Å²) in [4.78, 5) is 12.2. The lowest BCUT2D eigenvalue weighted by Gasteiger charge is -2.02. The predicted octanol–water partition coefficient (Wildman–Crippen LogP) is 1.15. The van der Waals surface area contributed by atoms with E-state index in [1.165, 1.54) is 6.20 Å². The fourth-order valence-corrected chi connectivity index (χ4v) is 1.23. The van der Waals surface area contributed by atoms with E-state index >= 15 is 0 Å². The van der Waals surface area contributed by atoms with Crippen LogP contribution in [0.2, 0.25) is 0 Å². The monoisotopic (exact) mass is 199 g/mol. The first-order valence-corrected chi connectivity index (χ1v) is 4.45. The molecule has 2 heterocycles. The van der Waals surface area contributed by atoms with Crippen LogP contribution in [0.25, 0.3) is 5.82 Å². The maximum Gasteiger partial charge on any atom is 0.158 e. The van der Waals surface area contributed by atoms with E-state index < -0.39 is 0 Å². The summed E-state index contributed by atoms with van der Waals surface area (Å²) in [5.41, 5.74) is 2.29. The molecule has 0 saturated carbocycles. The molecule has 2 aromatic heterocycles. The van der Waals surface area contributed by atoms with E-state index in [-0.39, 0.29) is 0 Å². The third-order valence-electron chi connectivity index (χ3n) is 2.25. The van der Waals surface area contributed by atoms with Gasteiger partial charge in [0.05, 0.1) is 18.1 Å². The fraction of sp³-hybridized carbons (Fsp3) is 0.200. The van der Waals surface area contributed by atoms with Gasteiger partial charge in [-0.05, 0) is 13.8 Å². The van der Waals surface area contributed by atoms with Crippen molar-refractivity contribution in [3.63, 3.8) is 0 Å². The summed E-state index contributed by atoms with van der Waals surface area (Å²) in [5.74, 6) is 0.673. The molecule has 15 heavy (non-hydrogen) atoms. The maximum atomic E-state index is 8.59. The predicted molar refractivity (Wildman–Crippen MR) is 53.3 cm³/mol. The molecule has 0 atom stereocenters. The standard InChI is InChI=1S/C10H9N5/c1-7-8(2)15(6-14-7)10-5-12-9(3-11)4-13-10/h4-6H,1-2H3. The quantitative estimate of drug-likeness (QED) is 0.691. The molecule has 0 spiro atoms. The summed E-state index contributed by atoms with van der Waals surface area (Å²) in [6.07, 6.45) is 4.71. The fourth-order valence-electron chi connectivity index (χ4n) is 1.23. The minimum Gasteiger partial charge on any atom is -0.286 e. The second-order valence-electron chi connectivity index (χ2n) is 3.16. The molecule has 0 aliphatic heterocycles. The van der Waals surface area contributed by atoms with Gasteiger partial charge >= 0.3 is 0 Å². The number of aryl methyl sites for hydroxylation is 1. The summed E-state index contributed by atoms with van der Waals surface area (Å²) in [7, 11) is 0. The van der Waals surface area contributed by atoms with Crippen LogP contribution in [0.15, 0.2) is 18.7 Å². The largest absolute Gasteiger partial charge is 0.286 e. The molecule has 2 aromatic rings. The van der Waals surface area contributed by atoms with Crippen molar-refractivity contribution >= 4 is 0 Å². The van der Waals surface area contributed by atoms with E-state index in [1.807, 2.05) is 24.5 Å². The minimum atomic E-state index is 0.313. The Morgan fingerprint density at radius 2 is 2.00 bits per heavy atom. The Morgan fingerprint density at radius 1 is 1.20 bits per heavy atom. The summed E-state index contributed by atoms with van der Waals surface area (Å²) < 4.78 is 1.84. The van der Waals surface area contributed by atoms with Gasteiger partial charge in [-0.15, -0.1) is 0 Å². The molecule has 0 amide bonds. The molecule has 0 bridgehead atoms. The number of aromatic nitrogens is 4. The van der Waals surface area contributed by atoms with E-state index in [1.54, 1.807) is 12.5 Å². The lowest BCUT2D eigenvalue weighted by molar-refractivity contribution is 0.930. The van der Waals surface area contributed by atoms with E-state index in [0.717, 1.165) is 11.4 Å². The summed E-state index contributed by atoms with van der Waals surface area (Å²) in [5, 5.41) is 8.59. The molecule has 0 unspecified atom stereocenters. The van der Waals surface area contributed by atoms with Crippen LogP contribution in [0.1, 0.15) is 17.1 Å². The molecule has 0 aliphatic carbocycles. The molecule has 0 fully saturated rings. The highest BCUT2D eigenvalue weighted by molar-refractivity contribution is 5.27. The lowest BCUT2D eigenvalue weighted by atomic mass is 10.4. The average molecular weight is 199 g/mol. The molecule has 5 heteroatoms. The number of nitriles is 1. The van der Waals surface area contributed by atoms with Gasteiger partial charge in [0.15, 0.2) is 11.5 Å². The molecule has 0 N–H and O–H groups in total. The molecule has 0 radical (unpaired) electrons. The highest BCUT2D eigenvalue weighted by Crippen LogP contribution is 2.10. The first kappa shape index (κ1) is 9.34. The van der Waals surface area contributed by atoms with Crippen LogP contribution in [-0.2, 0) is 0 Å². The molecule has 0 aromatic carbocycles. The molecule has 0 aliphatic rings. The molecule has 2 rings (SSSR count). The van der Waals surface area contributed by atoms with E-state index in [9.17, 15) is 0 Å². The highest BCUT2D eigenvalue weighted by Gasteiger charge is 2.05. The third kappa shape index (κ3) is 1.57. The Labute approximate surface area is 87.1 Å². The third-order valence-corrected chi connectivity index (χ3v) is 2.25. The Kier molecular flexibility index (Phi) is 2.18. The number of hydrogen-bond donors (Lipinski definition) is 0. The zero-order valence-corrected chi connectivity index (χ0v) is 8.47. The SMILES string of the molecule is Cc1ncn(-c2cnc(C#N)cn2)c1C. The number of imidazole rings is 1. The van der Waals surface area contributed by atoms with Gasteiger partial charge < -0.3 is 0 Å². The van der Waals surface area contributed by atoms with Crippen molar-refractivity contribution in [2.45, 2.75) is 13.8 Å². The Balaban J connectivity index is 2.47. The van der Waals surface area contributed by atoms with Crippen LogP contribution in [0, 0.1) is 25.2 Å². The van der Waals surface area contributed by atoms with E-state index in [2.05, 4.69) is 15.0 Å². The highest BCUT2D eigenvalue weighted by atomic mass is 15.1. The summed E-state index contributed by atoms with van der Waals surface area (Å²) in [6, 6.07) is 1.93. The minimum absolute atomic E-state index is 0.313. The van der Waals surface area contributed by atoms with Crippen molar-refractivity contribution < 1.29 is 0 Å². The second kappa shape index (κ2) is 3.50. The van der Waals surface area contributed by atoms with E-state index in [0.29, 0.717) is 11.5 Å². The van der Waals surface area contributed by atoms with Crippen LogP contribution in [0.4, 0.5) is 0 Å². The van der Waals surface area contributed by atoms with Crippen molar-refractivity contribution in [1.29, 1.82) is 5.26 Å². The number of nitrogens with zero attached hydrogens (tertiary/aromatic N) is 5. The van der Waals surface area contributed by atoms with Gasteiger partial charge in [-0.1, -0.05) is 0 Å². The molecule has 74 valence electrons. The summed E-state index contributed by atoms with van der Waals surface area (Å²) in [6.45, 7) is 3.89. The van der Waals surface area contributed by atoms with Crippen LogP contribution >= 0.6 is 0 Å². The van der Waals surface area contributed by atoms with Crippen LogP contribution < -0.4 is 0 Å². The van der Waals surface area contributed by atoms with Gasteiger partial charge in [-0.2, -0.15) is 5.26 Å². The molecular weight excluding hydrogens is 190 g/mol. The lowest BCUT2D eigenvalue weighted by Crippen LogP contribution is -2.00. The second-order valence-corrected chi connectivity index (χ2v) is 3.16. The zero-order valence-electron chi connectivity index (χ0n) is 8.47.